The molecule has 0 aliphatic rings. The first-order valence-corrected chi connectivity index (χ1v) is 50.6. The number of aromatic hydroxyl groups is 3. The van der Waals surface area contributed by atoms with Crippen LogP contribution in [0.15, 0.2) is 401 Å². The maximum atomic E-state index is 14.6. The van der Waals surface area contributed by atoms with E-state index >= 15 is 0 Å². The van der Waals surface area contributed by atoms with Gasteiger partial charge in [-0.25, -0.2) is 34.3 Å². The number of para-hydroxylation sites is 3. The standard InChI is InChI=1S/C46H43N3O.C46H49N3O.C42H40FN3O/c1-45(2,3)36-23-34(24-37(30-36)46(4,5)6)35-27-41(48-42(28-35)40-26-31-15-10-11-16-32(31)29-43(40)50)33-17-14-20-39(25-33)49(38-18-8-7-9-19-38)44-21-12-13-22-47-44;1-44(2,3)34-21-22-42(50)39(30-34)41-28-33(32-24-35(45(4,5)6)29-36(25-32)46(7,8)9)27-40(48-41)31-16-15-19-38(26-31)49(37-17-11-10-12-18-37)43-20-13-14-23-47-43;1-41(2,3)31-21-29(22-32(26-31)42(4,5)6)30-24-37(45-38(25-30)36-27-33(43)18-19-39(36)47)28-13-12-16-35(23-28)46(34-14-8-7-9-15-34)40-17-10-11-20-44-40/h7-30,50H,1-6H3;10-30,50H,1-9H3;7-27,47H,1-6H3. The molecule has 0 aliphatic heterocycles. The summed E-state index contributed by atoms with van der Waals surface area (Å²) in [5.74, 6) is 2.40. The molecule has 0 saturated heterocycles. The maximum Gasteiger partial charge on any atom is 0.137 e. The highest BCUT2D eigenvalue weighted by molar-refractivity contribution is 5.93. The molecule has 147 heavy (non-hydrogen) atoms. The molecule has 19 aromatic rings. The van der Waals surface area contributed by atoms with E-state index in [0.717, 1.165) is 141 Å². The van der Waals surface area contributed by atoms with E-state index in [2.05, 4.69) is 359 Å². The highest BCUT2D eigenvalue weighted by Gasteiger charge is 2.30. The van der Waals surface area contributed by atoms with E-state index in [-0.39, 0.29) is 55.2 Å². The van der Waals surface area contributed by atoms with Crippen LogP contribution in [0.25, 0.3) is 112 Å². The number of benzene rings is 13. The van der Waals surface area contributed by atoms with E-state index in [1.54, 1.807) is 12.3 Å². The SMILES string of the molecule is CC(C)(C)c1cc(-c2cc(-c3cccc(N(c4ccccc4)c4ccccn4)c3)nc(-c3cc(C(C)(C)C)ccc3O)c2)cc(C(C)(C)C)c1.CC(C)(C)c1cc(-c2cc(-c3cccc(N(c4ccccc4)c4ccccn4)c3)nc(-c3cc(F)ccc3O)c2)cc(C(C)(C)C)c1.CC(C)(C)c1cc(-c2cc(-c3cccc(N(c4ccccc4)c4ccccn4)c3)nc(-c3cc4ccccc4cc3O)c2)cc(C(C)(C)C)c1. The van der Waals surface area contributed by atoms with Crippen molar-refractivity contribution in [3.05, 3.63) is 446 Å². The Morgan fingerprint density at radius 2 is 0.449 bits per heavy atom. The van der Waals surface area contributed by atoms with Gasteiger partial charge in [-0.05, 0) is 309 Å². The Morgan fingerprint density at radius 3 is 0.748 bits per heavy atom. The van der Waals surface area contributed by atoms with E-state index in [9.17, 15) is 19.7 Å². The van der Waals surface area contributed by atoms with Gasteiger partial charge in [0.15, 0.2) is 0 Å². The Kier molecular flexibility index (Phi) is 29.1. The highest BCUT2D eigenvalue weighted by Crippen LogP contribution is 2.48. The van der Waals surface area contributed by atoms with E-state index in [0.29, 0.717) is 28.2 Å². The summed E-state index contributed by atoms with van der Waals surface area (Å²) in [6.45, 7) is 47.1. The monoisotopic (exact) mass is 1930 g/mol. The van der Waals surface area contributed by atoms with Crippen molar-refractivity contribution >= 4 is 62.4 Å². The molecule has 738 valence electrons. The van der Waals surface area contributed by atoms with Crippen LogP contribution in [0.3, 0.4) is 0 Å². The fourth-order valence-corrected chi connectivity index (χ4v) is 18.1. The second kappa shape index (κ2) is 41.8. The fraction of sp³-hybridized carbons (Fsp3) is 0.209. The lowest BCUT2D eigenvalue weighted by Gasteiger charge is -2.26. The minimum absolute atomic E-state index is 0.0278. The van der Waals surface area contributed by atoms with E-state index in [4.69, 9.17) is 24.9 Å². The lowest BCUT2D eigenvalue weighted by molar-refractivity contribution is 0.475. The molecule has 6 aromatic heterocycles. The van der Waals surface area contributed by atoms with Crippen molar-refractivity contribution in [1.29, 1.82) is 0 Å². The molecule has 0 unspecified atom stereocenters. The lowest BCUT2D eigenvalue weighted by atomic mass is 9.79. The molecule has 0 saturated carbocycles. The third-order valence-corrected chi connectivity index (χ3v) is 26.9. The number of phenols is 3. The van der Waals surface area contributed by atoms with Gasteiger partial charge in [0.1, 0.15) is 40.5 Å². The molecule has 0 radical (unpaired) electrons. The first-order chi connectivity index (χ1) is 69.9. The summed E-state index contributed by atoms with van der Waals surface area (Å²) in [7, 11) is 0. The van der Waals surface area contributed by atoms with E-state index in [1.165, 1.54) is 51.6 Å². The van der Waals surface area contributed by atoms with Crippen molar-refractivity contribution in [3.63, 3.8) is 0 Å². The van der Waals surface area contributed by atoms with Crippen LogP contribution in [-0.4, -0.2) is 45.2 Å². The number of halogens is 1. The first kappa shape index (κ1) is 102. The largest absolute Gasteiger partial charge is 0.507 e. The zero-order valence-corrected chi connectivity index (χ0v) is 88.3. The van der Waals surface area contributed by atoms with Crippen molar-refractivity contribution in [1.82, 2.24) is 29.9 Å². The molecule has 13 aromatic carbocycles. The highest BCUT2D eigenvalue weighted by atomic mass is 19.1. The molecular formula is C134H132FN9O3. The number of aromatic nitrogens is 6. The van der Waals surface area contributed by atoms with Gasteiger partial charge in [0.25, 0.3) is 0 Å². The average molecular weight is 1940 g/mol. The van der Waals surface area contributed by atoms with Crippen molar-refractivity contribution in [3.8, 4) is 118 Å². The summed E-state index contributed by atoms with van der Waals surface area (Å²) in [6.07, 6.45) is 5.43. The molecule has 0 spiro atoms. The van der Waals surface area contributed by atoms with Crippen LogP contribution in [0.2, 0.25) is 0 Å². The van der Waals surface area contributed by atoms with Gasteiger partial charge in [0.05, 0.1) is 34.2 Å². The van der Waals surface area contributed by atoms with Crippen LogP contribution in [0.4, 0.5) is 56.0 Å². The predicted molar refractivity (Wildman–Crippen MR) is 612 cm³/mol. The third-order valence-electron chi connectivity index (χ3n) is 26.9. The van der Waals surface area contributed by atoms with Crippen molar-refractivity contribution in [2.45, 2.75) is 183 Å². The van der Waals surface area contributed by atoms with Crippen molar-refractivity contribution < 1.29 is 19.7 Å². The molecule has 0 fully saturated rings. The smallest absolute Gasteiger partial charge is 0.137 e. The lowest BCUT2D eigenvalue weighted by Crippen LogP contribution is -2.16. The molecule has 19 rings (SSSR count). The van der Waals surface area contributed by atoms with Crippen LogP contribution in [0, 0.1) is 5.82 Å². The number of anilines is 9. The number of phenolic OH excluding ortho intramolecular Hbond substituents is 3. The van der Waals surface area contributed by atoms with E-state index in [1.807, 2.05) is 176 Å². The minimum Gasteiger partial charge on any atom is -0.507 e. The average Bonchev–Trinajstić information content (AvgIpc) is 0.769. The molecule has 0 aliphatic carbocycles. The summed E-state index contributed by atoms with van der Waals surface area (Å²) in [6, 6.07) is 129. The Hall–Kier alpha value is -16.3. The topological polar surface area (TPSA) is 148 Å². The molecule has 6 heterocycles. The van der Waals surface area contributed by atoms with Gasteiger partial charge in [-0.15, -0.1) is 0 Å². The minimum atomic E-state index is -0.438. The maximum absolute atomic E-state index is 14.6. The van der Waals surface area contributed by atoms with Gasteiger partial charge >= 0.3 is 0 Å². The van der Waals surface area contributed by atoms with Gasteiger partial charge in [0, 0.05) is 86.1 Å². The fourth-order valence-electron chi connectivity index (χ4n) is 18.1. The van der Waals surface area contributed by atoms with Gasteiger partial charge in [-0.1, -0.05) is 340 Å². The Labute approximate surface area is 867 Å². The number of rotatable bonds is 18. The van der Waals surface area contributed by atoms with E-state index < -0.39 is 5.82 Å². The summed E-state index contributed by atoms with van der Waals surface area (Å²) in [5, 5.41) is 35.6. The number of fused-ring (bicyclic) bond motifs is 1. The van der Waals surface area contributed by atoms with Crippen molar-refractivity contribution in [2.75, 3.05) is 14.7 Å². The van der Waals surface area contributed by atoms with Gasteiger partial charge in [-0.2, -0.15) is 0 Å². The Bertz CT molecular complexity index is 7710. The second-order valence-electron chi connectivity index (χ2n) is 45.4. The summed E-state index contributed by atoms with van der Waals surface area (Å²) < 4.78 is 14.6. The molecular weight excluding hydrogens is 1800 g/mol. The molecule has 3 N–H and O–H groups in total. The predicted octanol–water partition coefficient (Wildman–Crippen LogP) is 36.3. The zero-order chi connectivity index (χ0) is 104. The quantitative estimate of drug-likeness (QED) is 0.0751. The summed E-state index contributed by atoms with van der Waals surface area (Å²) in [4.78, 5) is 36.1. The number of nitrogens with zero attached hydrogens (tertiary/aromatic N) is 9. The summed E-state index contributed by atoms with van der Waals surface area (Å²) in [5.41, 5.74) is 29.4. The number of hydrogen-bond acceptors (Lipinski definition) is 12. The van der Waals surface area contributed by atoms with Gasteiger partial charge in [-0.3, -0.25) is 14.7 Å². The Morgan fingerprint density at radius 1 is 0.190 bits per heavy atom. The molecule has 0 bridgehead atoms. The van der Waals surface area contributed by atoms with Crippen LogP contribution >= 0.6 is 0 Å². The van der Waals surface area contributed by atoms with Crippen molar-refractivity contribution in [2.24, 2.45) is 0 Å². The Balaban J connectivity index is 0.000000151. The normalized spacial score (nSPS) is 12.0. The van der Waals surface area contributed by atoms with Crippen LogP contribution in [-0.2, 0) is 37.9 Å². The molecule has 0 amide bonds. The second-order valence-corrected chi connectivity index (χ2v) is 45.4. The zero-order valence-electron chi connectivity index (χ0n) is 88.3. The summed E-state index contributed by atoms with van der Waals surface area (Å²) >= 11 is 0. The van der Waals surface area contributed by atoms with Crippen LogP contribution < -0.4 is 14.7 Å². The van der Waals surface area contributed by atoms with Gasteiger partial charge in [0.2, 0.25) is 0 Å². The number of pyridine rings is 6. The van der Waals surface area contributed by atoms with Gasteiger partial charge < -0.3 is 15.3 Å². The number of hydrogen-bond donors (Lipinski definition) is 3. The van der Waals surface area contributed by atoms with Crippen LogP contribution in [0.5, 0.6) is 17.2 Å². The third kappa shape index (κ3) is 24.0. The first-order valence-electron chi connectivity index (χ1n) is 50.6. The molecule has 0 atom stereocenters. The molecule has 13 heteroatoms. The van der Waals surface area contributed by atoms with Crippen LogP contribution in [0.1, 0.15) is 184 Å². The molecule has 12 nitrogen and oxygen atoms in total.